The van der Waals surface area contributed by atoms with Crippen molar-refractivity contribution in [2.45, 2.75) is 33.2 Å². The van der Waals surface area contributed by atoms with Gasteiger partial charge in [-0.1, -0.05) is 0 Å². The molecule has 0 aromatic carbocycles. The van der Waals surface area contributed by atoms with Crippen molar-refractivity contribution in [2.75, 3.05) is 33.8 Å². The van der Waals surface area contributed by atoms with Gasteiger partial charge in [0.05, 0.1) is 12.8 Å². The van der Waals surface area contributed by atoms with Gasteiger partial charge in [0.1, 0.15) is 5.75 Å². The summed E-state index contributed by atoms with van der Waals surface area (Å²) in [4.78, 5) is 7.11. The fourth-order valence-corrected chi connectivity index (χ4v) is 3.08. The van der Waals surface area contributed by atoms with E-state index < -0.39 is 0 Å². The monoisotopic (exact) mass is 277 g/mol. The summed E-state index contributed by atoms with van der Waals surface area (Å²) in [6.07, 6.45) is 4.49. The van der Waals surface area contributed by atoms with Gasteiger partial charge in [0.25, 0.3) is 0 Å². The van der Waals surface area contributed by atoms with Crippen LogP contribution in [0.3, 0.4) is 0 Å². The molecule has 1 aromatic heterocycles. The Kier molecular flexibility index (Phi) is 5.38. The van der Waals surface area contributed by atoms with Crippen molar-refractivity contribution in [3.05, 3.63) is 23.0 Å². The molecule has 4 nitrogen and oxygen atoms in total. The molecule has 1 aliphatic rings. The van der Waals surface area contributed by atoms with Crippen LogP contribution in [-0.2, 0) is 6.54 Å². The number of ether oxygens (including phenoxy) is 1. The Morgan fingerprint density at radius 3 is 2.65 bits per heavy atom. The number of hydrogen-bond acceptors (Lipinski definition) is 4. The number of likely N-dealkylation sites (tertiary alicyclic amines) is 1. The fraction of sp³-hybridized carbons (Fsp3) is 0.688. The quantitative estimate of drug-likeness (QED) is 0.895. The van der Waals surface area contributed by atoms with Crippen LogP contribution in [-0.4, -0.2) is 43.7 Å². The second-order valence-corrected chi connectivity index (χ2v) is 5.82. The van der Waals surface area contributed by atoms with Gasteiger partial charge in [-0.2, -0.15) is 0 Å². The van der Waals surface area contributed by atoms with E-state index in [1.54, 1.807) is 7.11 Å². The van der Waals surface area contributed by atoms with Crippen molar-refractivity contribution < 1.29 is 4.74 Å². The van der Waals surface area contributed by atoms with Crippen LogP contribution in [0.1, 0.15) is 29.7 Å². The maximum Gasteiger partial charge on any atom is 0.128 e. The lowest BCUT2D eigenvalue weighted by Gasteiger charge is -2.32. The Morgan fingerprint density at radius 2 is 2.05 bits per heavy atom. The zero-order valence-corrected chi connectivity index (χ0v) is 13.2. The molecule has 20 heavy (non-hydrogen) atoms. The minimum atomic E-state index is 0.831. The van der Waals surface area contributed by atoms with Gasteiger partial charge < -0.3 is 10.1 Å². The summed E-state index contributed by atoms with van der Waals surface area (Å²) in [7, 11) is 3.78. The first kappa shape index (κ1) is 15.3. The summed E-state index contributed by atoms with van der Waals surface area (Å²) in [5, 5.41) is 3.28. The van der Waals surface area contributed by atoms with E-state index in [1.165, 1.54) is 31.5 Å². The van der Waals surface area contributed by atoms with Crippen molar-refractivity contribution in [1.82, 2.24) is 15.2 Å². The van der Waals surface area contributed by atoms with E-state index in [2.05, 4.69) is 22.1 Å². The highest BCUT2D eigenvalue weighted by atomic mass is 16.5. The van der Waals surface area contributed by atoms with Crippen molar-refractivity contribution in [1.29, 1.82) is 0 Å². The lowest BCUT2D eigenvalue weighted by atomic mass is 9.96. The first-order valence-electron chi connectivity index (χ1n) is 7.51. The molecule has 0 amide bonds. The Labute approximate surface area is 122 Å². The predicted molar refractivity (Wildman–Crippen MR) is 82.2 cm³/mol. The predicted octanol–water partition coefficient (Wildman–Crippen LogP) is 2.14. The number of aryl methyl sites for hydroxylation is 1. The Hall–Kier alpha value is -1.13. The van der Waals surface area contributed by atoms with E-state index in [4.69, 9.17) is 4.74 Å². The van der Waals surface area contributed by atoms with Gasteiger partial charge in [0.15, 0.2) is 0 Å². The fourth-order valence-electron chi connectivity index (χ4n) is 3.08. The van der Waals surface area contributed by atoms with Gasteiger partial charge >= 0.3 is 0 Å². The van der Waals surface area contributed by atoms with Crippen LogP contribution in [0, 0.1) is 19.8 Å². The molecule has 2 rings (SSSR count). The molecule has 1 N–H and O–H groups in total. The maximum absolute atomic E-state index is 5.49. The maximum atomic E-state index is 5.49. The molecule has 112 valence electrons. The average molecular weight is 277 g/mol. The lowest BCUT2D eigenvalue weighted by molar-refractivity contribution is 0.174. The van der Waals surface area contributed by atoms with E-state index in [0.29, 0.717) is 0 Å². The van der Waals surface area contributed by atoms with Crippen LogP contribution in [0.4, 0.5) is 0 Å². The highest BCUT2D eigenvalue weighted by Crippen LogP contribution is 2.26. The van der Waals surface area contributed by atoms with E-state index in [0.717, 1.165) is 36.0 Å². The van der Waals surface area contributed by atoms with Crippen molar-refractivity contribution in [2.24, 2.45) is 5.92 Å². The van der Waals surface area contributed by atoms with Gasteiger partial charge in [-0.15, -0.1) is 0 Å². The zero-order chi connectivity index (χ0) is 14.5. The van der Waals surface area contributed by atoms with Crippen molar-refractivity contribution in [3.8, 4) is 5.75 Å². The van der Waals surface area contributed by atoms with Crippen LogP contribution >= 0.6 is 0 Å². The molecule has 2 heterocycles. The van der Waals surface area contributed by atoms with Crippen LogP contribution < -0.4 is 10.1 Å². The van der Waals surface area contributed by atoms with Gasteiger partial charge in [-0.05, 0) is 59.3 Å². The highest BCUT2D eigenvalue weighted by molar-refractivity contribution is 5.41. The van der Waals surface area contributed by atoms with Gasteiger partial charge in [0.2, 0.25) is 0 Å². The molecule has 0 radical (unpaired) electrons. The molecule has 0 atom stereocenters. The summed E-state index contributed by atoms with van der Waals surface area (Å²) in [5.74, 6) is 1.82. The highest BCUT2D eigenvalue weighted by Gasteiger charge is 2.20. The summed E-state index contributed by atoms with van der Waals surface area (Å²) in [6.45, 7) is 8.58. The van der Waals surface area contributed by atoms with Crippen LogP contribution in [0.15, 0.2) is 6.20 Å². The number of methoxy groups -OCH3 is 1. The molecule has 1 saturated heterocycles. The molecule has 0 aliphatic carbocycles. The standard InChI is InChI=1S/C16H27N3O/c1-12-9-18-15(13(2)16(12)20-4)11-19-7-5-14(6-8-19)10-17-3/h9,14,17H,5-8,10-11H2,1-4H3. The first-order chi connectivity index (χ1) is 9.65. The number of nitrogens with zero attached hydrogens (tertiary/aromatic N) is 2. The van der Waals surface area contributed by atoms with Gasteiger partial charge in [0, 0.05) is 23.9 Å². The third kappa shape index (κ3) is 3.49. The first-order valence-corrected chi connectivity index (χ1v) is 7.51. The largest absolute Gasteiger partial charge is 0.496 e. The van der Waals surface area contributed by atoms with Crippen LogP contribution in [0.5, 0.6) is 5.75 Å². The van der Waals surface area contributed by atoms with Gasteiger partial charge in [-0.25, -0.2) is 0 Å². The van der Waals surface area contributed by atoms with E-state index in [-0.39, 0.29) is 0 Å². The molecule has 1 aromatic rings. The number of pyridine rings is 1. The lowest BCUT2D eigenvalue weighted by Crippen LogP contribution is -2.36. The van der Waals surface area contributed by atoms with E-state index >= 15 is 0 Å². The SMILES string of the molecule is CNCC1CCN(Cc2ncc(C)c(OC)c2C)CC1. The number of nitrogens with one attached hydrogen (secondary N) is 1. The molecule has 0 spiro atoms. The zero-order valence-electron chi connectivity index (χ0n) is 13.2. The molecular formula is C16H27N3O. The van der Waals surface area contributed by atoms with E-state index in [1.807, 2.05) is 20.2 Å². The van der Waals surface area contributed by atoms with Crippen molar-refractivity contribution in [3.63, 3.8) is 0 Å². The number of hydrogen-bond donors (Lipinski definition) is 1. The molecule has 0 saturated carbocycles. The minimum Gasteiger partial charge on any atom is -0.496 e. The molecule has 0 bridgehead atoms. The van der Waals surface area contributed by atoms with Gasteiger partial charge in [-0.3, -0.25) is 9.88 Å². The molecule has 0 unspecified atom stereocenters. The third-order valence-electron chi connectivity index (χ3n) is 4.32. The molecule has 1 aliphatic heterocycles. The summed E-state index contributed by atoms with van der Waals surface area (Å²) >= 11 is 0. The number of aromatic nitrogens is 1. The van der Waals surface area contributed by atoms with Crippen LogP contribution in [0.25, 0.3) is 0 Å². The van der Waals surface area contributed by atoms with E-state index in [9.17, 15) is 0 Å². The second-order valence-electron chi connectivity index (χ2n) is 5.82. The normalized spacial score (nSPS) is 17.4. The summed E-state index contributed by atoms with van der Waals surface area (Å²) in [6, 6.07) is 0. The summed E-state index contributed by atoms with van der Waals surface area (Å²) in [5.41, 5.74) is 3.45. The Bertz CT molecular complexity index is 440. The average Bonchev–Trinajstić information content (AvgIpc) is 2.45. The second kappa shape index (κ2) is 7.04. The Morgan fingerprint density at radius 1 is 1.35 bits per heavy atom. The number of piperidine rings is 1. The molecule has 4 heteroatoms. The Balaban J connectivity index is 1.98. The van der Waals surface area contributed by atoms with Crippen molar-refractivity contribution >= 4 is 0 Å². The molecule has 1 fully saturated rings. The smallest absolute Gasteiger partial charge is 0.128 e. The minimum absolute atomic E-state index is 0.831. The molecular weight excluding hydrogens is 250 g/mol. The third-order valence-corrected chi connectivity index (χ3v) is 4.32. The van der Waals surface area contributed by atoms with Crippen LogP contribution in [0.2, 0.25) is 0 Å². The summed E-state index contributed by atoms with van der Waals surface area (Å²) < 4.78 is 5.49. The topological polar surface area (TPSA) is 37.4 Å². The number of rotatable bonds is 5.